The van der Waals surface area contributed by atoms with Gasteiger partial charge in [-0.05, 0) is 17.7 Å². The third-order valence-electron chi connectivity index (χ3n) is 2.29. The van der Waals surface area contributed by atoms with Gasteiger partial charge in [-0.25, -0.2) is 4.99 Å². The zero-order chi connectivity index (χ0) is 10.7. The second kappa shape index (κ2) is 4.77. The van der Waals surface area contributed by atoms with Gasteiger partial charge in [0.15, 0.2) is 5.90 Å². The summed E-state index contributed by atoms with van der Waals surface area (Å²) in [7, 11) is 0. The molecule has 0 radical (unpaired) electrons. The fourth-order valence-corrected chi connectivity index (χ4v) is 1.96. The van der Waals surface area contributed by atoms with Crippen molar-refractivity contribution in [3.8, 4) is 0 Å². The van der Waals surface area contributed by atoms with E-state index in [-0.39, 0.29) is 6.04 Å². The minimum Gasteiger partial charge on any atom is -0.478 e. The standard InChI is InChI=1S/C11H13BrN2O/c12-9-3-1-2-8(4-9)5-11-14-10(6-13)7-15-11/h1-4,10H,5-7,13H2. The predicted molar refractivity (Wildman–Crippen MR) is 64.1 cm³/mol. The van der Waals surface area contributed by atoms with Crippen molar-refractivity contribution in [1.29, 1.82) is 0 Å². The highest BCUT2D eigenvalue weighted by molar-refractivity contribution is 9.10. The molecule has 0 aromatic heterocycles. The maximum atomic E-state index is 5.52. The number of nitrogens with zero attached hydrogens (tertiary/aromatic N) is 1. The van der Waals surface area contributed by atoms with Crippen molar-refractivity contribution in [3.63, 3.8) is 0 Å². The summed E-state index contributed by atoms with van der Waals surface area (Å²) < 4.78 is 6.53. The average Bonchev–Trinajstić information content (AvgIpc) is 2.65. The summed E-state index contributed by atoms with van der Waals surface area (Å²) in [5.74, 6) is 0.795. The first-order valence-electron chi connectivity index (χ1n) is 4.92. The van der Waals surface area contributed by atoms with Crippen LogP contribution in [0.1, 0.15) is 5.56 Å². The summed E-state index contributed by atoms with van der Waals surface area (Å²) in [6.45, 7) is 1.18. The van der Waals surface area contributed by atoms with Crippen molar-refractivity contribution in [3.05, 3.63) is 34.3 Å². The van der Waals surface area contributed by atoms with Gasteiger partial charge in [-0.2, -0.15) is 0 Å². The highest BCUT2D eigenvalue weighted by Crippen LogP contribution is 2.14. The Labute approximate surface area is 97.5 Å². The smallest absolute Gasteiger partial charge is 0.188 e. The molecule has 3 nitrogen and oxygen atoms in total. The fourth-order valence-electron chi connectivity index (χ4n) is 1.51. The molecule has 1 aliphatic heterocycles. The summed E-state index contributed by atoms with van der Waals surface area (Å²) in [6, 6.07) is 8.29. The van der Waals surface area contributed by atoms with E-state index < -0.39 is 0 Å². The third kappa shape index (κ3) is 2.79. The van der Waals surface area contributed by atoms with Crippen molar-refractivity contribution >= 4 is 21.8 Å². The largest absolute Gasteiger partial charge is 0.478 e. The Bertz CT molecular complexity index is 379. The average molecular weight is 269 g/mol. The lowest BCUT2D eigenvalue weighted by Gasteiger charge is -2.01. The van der Waals surface area contributed by atoms with Crippen LogP contribution in [-0.4, -0.2) is 25.1 Å². The summed E-state index contributed by atoms with van der Waals surface area (Å²) >= 11 is 3.44. The Balaban J connectivity index is 2.03. The molecule has 1 atom stereocenters. The SMILES string of the molecule is NCC1COC(Cc2cccc(Br)c2)=N1. The van der Waals surface area contributed by atoms with Gasteiger partial charge in [0.1, 0.15) is 6.61 Å². The van der Waals surface area contributed by atoms with Crippen LogP contribution in [0.25, 0.3) is 0 Å². The van der Waals surface area contributed by atoms with Crippen molar-refractivity contribution in [2.24, 2.45) is 10.7 Å². The van der Waals surface area contributed by atoms with Crippen LogP contribution in [0.4, 0.5) is 0 Å². The topological polar surface area (TPSA) is 47.6 Å². The highest BCUT2D eigenvalue weighted by Gasteiger charge is 2.17. The van der Waals surface area contributed by atoms with E-state index in [2.05, 4.69) is 33.1 Å². The molecule has 15 heavy (non-hydrogen) atoms. The molecule has 0 fully saturated rings. The Morgan fingerprint density at radius 3 is 3.07 bits per heavy atom. The molecule has 1 aromatic rings. The van der Waals surface area contributed by atoms with E-state index in [4.69, 9.17) is 10.5 Å². The minimum absolute atomic E-state index is 0.146. The molecule has 0 amide bonds. The molecule has 1 heterocycles. The van der Waals surface area contributed by atoms with E-state index in [1.807, 2.05) is 12.1 Å². The van der Waals surface area contributed by atoms with Crippen LogP contribution < -0.4 is 5.73 Å². The zero-order valence-corrected chi connectivity index (χ0v) is 9.90. The van der Waals surface area contributed by atoms with E-state index in [0.29, 0.717) is 13.2 Å². The van der Waals surface area contributed by atoms with Crippen LogP contribution in [0, 0.1) is 0 Å². The van der Waals surface area contributed by atoms with Gasteiger partial charge in [0.2, 0.25) is 0 Å². The Morgan fingerprint density at radius 1 is 1.53 bits per heavy atom. The van der Waals surface area contributed by atoms with Crippen LogP contribution in [-0.2, 0) is 11.2 Å². The molecule has 1 aromatic carbocycles. The van der Waals surface area contributed by atoms with Gasteiger partial charge >= 0.3 is 0 Å². The van der Waals surface area contributed by atoms with Crippen molar-refractivity contribution < 1.29 is 4.74 Å². The van der Waals surface area contributed by atoms with Crippen LogP contribution >= 0.6 is 15.9 Å². The molecular weight excluding hydrogens is 256 g/mol. The lowest BCUT2D eigenvalue weighted by Crippen LogP contribution is -2.18. The van der Waals surface area contributed by atoms with Crippen molar-refractivity contribution in [2.75, 3.05) is 13.2 Å². The van der Waals surface area contributed by atoms with Gasteiger partial charge < -0.3 is 10.5 Å². The zero-order valence-electron chi connectivity index (χ0n) is 8.32. The Kier molecular flexibility index (Phi) is 3.38. The first kappa shape index (κ1) is 10.6. The van der Waals surface area contributed by atoms with Crippen LogP contribution in [0.2, 0.25) is 0 Å². The molecule has 80 valence electrons. The fraction of sp³-hybridized carbons (Fsp3) is 0.364. The second-order valence-electron chi connectivity index (χ2n) is 3.53. The first-order valence-corrected chi connectivity index (χ1v) is 5.71. The molecule has 0 saturated heterocycles. The van der Waals surface area contributed by atoms with Crippen LogP contribution in [0.3, 0.4) is 0 Å². The highest BCUT2D eigenvalue weighted by atomic mass is 79.9. The number of aliphatic imine (C=N–C) groups is 1. The number of hydrogen-bond donors (Lipinski definition) is 1. The van der Waals surface area contributed by atoms with Gasteiger partial charge in [-0.1, -0.05) is 28.1 Å². The van der Waals surface area contributed by atoms with Crippen LogP contribution in [0.15, 0.2) is 33.7 Å². The van der Waals surface area contributed by atoms with E-state index in [1.165, 1.54) is 5.56 Å². The van der Waals surface area contributed by atoms with Crippen molar-refractivity contribution in [2.45, 2.75) is 12.5 Å². The van der Waals surface area contributed by atoms with Gasteiger partial charge in [0.25, 0.3) is 0 Å². The molecule has 0 bridgehead atoms. The summed E-state index contributed by atoms with van der Waals surface area (Å²) in [6.07, 6.45) is 0.746. The second-order valence-corrected chi connectivity index (χ2v) is 4.45. The lowest BCUT2D eigenvalue weighted by atomic mass is 10.1. The van der Waals surface area contributed by atoms with Crippen LogP contribution in [0.5, 0.6) is 0 Å². The maximum absolute atomic E-state index is 5.52. The first-order chi connectivity index (χ1) is 7.28. The number of benzene rings is 1. The summed E-state index contributed by atoms with van der Waals surface area (Å²) in [5, 5.41) is 0. The number of hydrogen-bond acceptors (Lipinski definition) is 3. The summed E-state index contributed by atoms with van der Waals surface area (Å²) in [4.78, 5) is 4.39. The normalized spacial score (nSPS) is 19.9. The molecule has 2 rings (SSSR count). The molecule has 1 aliphatic rings. The number of rotatable bonds is 3. The lowest BCUT2D eigenvalue weighted by molar-refractivity contribution is 0.313. The van der Waals surface area contributed by atoms with Gasteiger partial charge in [-0.15, -0.1) is 0 Å². The predicted octanol–water partition coefficient (Wildman–Crippen LogP) is 1.75. The van der Waals surface area contributed by atoms with Gasteiger partial charge in [0.05, 0.1) is 6.04 Å². The number of ether oxygens (including phenoxy) is 1. The van der Waals surface area contributed by atoms with Crippen molar-refractivity contribution in [1.82, 2.24) is 0 Å². The van der Waals surface area contributed by atoms with E-state index >= 15 is 0 Å². The quantitative estimate of drug-likeness (QED) is 0.908. The molecule has 2 N–H and O–H groups in total. The molecule has 0 spiro atoms. The van der Waals surface area contributed by atoms with E-state index in [1.54, 1.807) is 0 Å². The van der Waals surface area contributed by atoms with E-state index in [9.17, 15) is 0 Å². The molecule has 1 unspecified atom stereocenters. The molecule has 0 aliphatic carbocycles. The molecular formula is C11H13BrN2O. The van der Waals surface area contributed by atoms with E-state index in [0.717, 1.165) is 16.8 Å². The van der Waals surface area contributed by atoms with Gasteiger partial charge in [0, 0.05) is 17.4 Å². The minimum atomic E-state index is 0.146. The number of halogens is 1. The monoisotopic (exact) mass is 268 g/mol. The molecule has 4 heteroatoms. The Morgan fingerprint density at radius 2 is 2.40 bits per heavy atom. The molecule has 0 saturated carbocycles. The maximum Gasteiger partial charge on any atom is 0.188 e. The van der Waals surface area contributed by atoms with Gasteiger partial charge in [-0.3, -0.25) is 0 Å². The third-order valence-corrected chi connectivity index (χ3v) is 2.78. The number of nitrogens with two attached hydrogens (primary N) is 1. The summed E-state index contributed by atoms with van der Waals surface area (Å²) in [5.41, 5.74) is 6.71. The Hall–Kier alpha value is -0.870.